The average Bonchev–Trinajstić information content (AvgIpc) is 2.53. The van der Waals surface area contributed by atoms with Gasteiger partial charge in [0, 0.05) is 17.4 Å². The maximum atomic E-state index is 12.2. The Balaban J connectivity index is 1.83. The van der Waals surface area contributed by atoms with Crippen LogP contribution in [-0.4, -0.2) is 44.0 Å². The zero-order valence-corrected chi connectivity index (χ0v) is 15.6. The number of nitrogens with zero attached hydrogens (tertiary/aromatic N) is 1. The lowest BCUT2D eigenvalue weighted by molar-refractivity contribution is -0.119. The molecule has 0 fully saturated rings. The molecule has 0 aliphatic heterocycles. The van der Waals surface area contributed by atoms with E-state index < -0.39 is 0 Å². The zero-order valence-electron chi connectivity index (χ0n) is 15.6. The van der Waals surface area contributed by atoms with Crippen molar-refractivity contribution in [1.29, 1.82) is 0 Å². The van der Waals surface area contributed by atoms with Crippen LogP contribution in [-0.2, 0) is 9.59 Å². The molecule has 0 saturated carbocycles. The van der Waals surface area contributed by atoms with Gasteiger partial charge in [-0.2, -0.15) is 0 Å². The summed E-state index contributed by atoms with van der Waals surface area (Å²) in [6.45, 7) is 4.20. The third-order valence-corrected chi connectivity index (χ3v) is 3.69. The molecule has 138 valence electrons. The number of likely N-dealkylation sites (N-methyl/N-ethyl adjacent to an activating group) is 1. The minimum Gasteiger partial charge on any atom is -0.497 e. The lowest BCUT2D eigenvalue weighted by Gasteiger charge is -2.16. The van der Waals surface area contributed by atoms with E-state index >= 15 is 0 Å². The number of hydrogen-bond acceptors (Lipinski definition) is 4. The monoisotopic (exact) mass is 355 g/mol. The van der Waals surface area contributed by atoms with Gasteiger partial charge in [-0.05, 0) is 56.3 Å². The molecule has 2 aromatic carbocycles. The van der Waals surface area contributed by atoms with Crippen molar-refractivity contribution in [2.75, 3.05) is 37.9 Å². The summed E-state index contributed by atoms with van der Waals surface area (Å²) in [5.41, 5.74) is 3.60. The molecule has 0 aromatic heterocycles. The van der Waals surface area contributed by atoms with Crippen LogP contribution >= 0.6 is 0 Å². The van der Waals surface area contributed by atoms with Crippen molar-refractivity contribution >= 4 is 23.2 Å². The Labute approximate surface area is 154 Å². The minimum absolute atomic E-state index is 0.109. The Bertz CT molecular complexity index is 769. The van der Waals surface area contributed by atoms with E-state index in [0.717, 1.165) is 16.8 Å². The van der Waals surface area contributed by atoms with Crippen LogP contribution < -0.4 is 15.4 Å². The number of aryl methyl sites for hydroxylation is 2. The van der Waals surface area contributed by atoms with Gasteiger partial charge in [-0.3, -0.25) is 14.5 Å². The molecule has 6 nitrogen and oxygen atoms in total. The van der Waals surface area contributed by atoms with Gasteiger partial charge in [0.1, 0.15) is 5.75 Å². The molecular formula is C20H25N3O3. The van der Waals surface area contributed by atoms with E-state index in [1.165, 1.54) is 0 Å². The van der Waals surface area contributed by atoms with E-state index in [1.54, 1.807) is 43.3 Å². The van der Waals surface area contributed by atoms with Crippen LogP contribution in [0.4, 0.5) is 11.4 Å². The van der Waals surface area contributed by atoms with Crippen molar-refractivity contribution in [2.24, 2.45) is 0 Å². The molecule has 0 aliphatic rings. The van der Waals surface area contributed by atoms with E-state index in [0.29, 0.717) is 11.4 Å². The fraction of sp³-hybridized carbons (Fsp3) is 0.300. The van der Waals surface area contributed by atoms with Gasteiger partial charge in [0.15, 0.2) is 0 Å². The second-order valence-electron chi connectivity index (χ2n) is 6.38. The fourth-order valence-electron chi connectivity index (χ4n) is 2.69. The summed E-state index contributed by atoms with van der Waals surface area (Å²) in [5.74, 6) is 0.315. The Morgan fingerprint density at radius 1 is 0.923 bits per heavy atom. The van der Waals surface area contributed by atoms with Crippen molar-refractivity contribution in [3.8, 4) is 5.75 Å². The first-order valence-corrected chi connectivity index (χ1v) is 8.36. The van der Waals surface area contributed by atoms with E-state index in [9.17, 15) is 9.59 Å². The van der Waals surface area contributed by atoms with Crippen molar-refractivity contribution in [3.05, 3.63) is 53.6 Å². The molecule has 0 bridgehead atoms. The molecule has 0 aliphatic carbocycles. The van der Waals surface area contributed by atoms with Gasteiger partial charge in [0.2, 0.25) is 11.8 Å². The number of carbonyl (C=O) groups is 2. The summed E-state index contributed by atoms with van der Waals surface area (Å²) < 4.78 is 5.13. The molecule has 26 heavy (non-hydrogen) atoms. The number of nitrogens with one attached hydrogen (secondary N) is 2. The summed E-state index contributed by atoms with van der Waals surface area (Å²) in [7, 11) is 3.30. The predicted molar refractivity (Wildman–Crippen MR) is 104 cm³/mol. The first-order valence-electron chi connectivity index (χ1n) is 8.36. The van der Waals surface area contributed by atoms with Gasteiger partial charge in [-0.15, -0.1) is 0 Å². The predicted octanol–water partition coefficient (Wildman–Crippen LogP) is 2.82. The zero-order chi connectivity index (χ0) is 19.1. The van der Waals surface area contributed by atoms with Crippen LogP contribution in [0.25, 0.3) is 0 Å². The lowest BCUT2D eigenvalue weighted by atomic mass is 10.1. The summed E-state index contributed by atoms with van der Waals surface area (Å²) in [5, 5.41) is 5.66. The SMILES string of the molecule is COc1cccc(NC(=O)CN(C)CC(=O)Nc2cc(C)cc(C)c2)c1. The average molecular weight is 355 g/mol. The van der Waals surface area contributed by atoms with Gasteiger partial charge in [-0.25, -0.2) is 0 Å². The molecule has 2 N–H and O–H groups in total. The molecule has 2 amide bonds. The van der Waals surface area contributed by atoms with Crippen molar-refractivity contribution in [1.82, 2.24) is 4.90 Å². The number of ether oxygens (including phenoxy) is 1. The van der Waals surface area contributed by atoms with E-state index in [1.807, 2.05) is 32.0 Å². The third kappa shape index (κ3) is 6.22. The largest absolute Gasteiger partial charge is 0.497 e. The fourth-order valence-corrected chi connectivity index (χ4v) is 2.69. The van der Waals surface area contributed by atoms with Crippen LogP contribution in [0, 0.1) is 13.8 Å². The lowest BCUT2D eigenvalue weighted by Crippen LogP contribution is -2.36. The van der Waals surface area contributed by atoms with Crippen LogP contribution in [0.1, 0.15) is 11.1 Å². The van der Waals surface area contributed by atoms with Crippen molar-refractivity contribution < 1.29 is 14.3 Å². The van der Waals surface area contributed by atoms with E-state index in [2.05, 4.69) is 10.6 Å². The standard InChI is InChI=1S/C20H25N3O3/c1-14-8-15(2)10-17(9-14)22-20(25)13-23(3)12-19(24)21-16-6-5-7-18(11-16)26-4/h5-11H,12-13H2,1-4H3,(H,21,24)(H,22,25). The molecule has 0 radical (unpaired) electrons. The van der Waals surface area contributed by atoms with Gasteiger partial charge in [-0.1, -0.05) is 12.1 Å². The summed E-state index contributed by atoms with van der Waals surface area (Å²) in [6.07, 6.45) is 0. The van der Waals surface area contributed by atoms with Gasteiger partial charge in [0.05, 0.1) is 20.2 Å². The number of rotatable bonds is 7. The minimum atomic E-state index is -0.194. The highest BCUT2D eigenvalue weighted by atomic mass is 16.5. The number of anilines is 2. The highest BCUT2D eigenvalue weighted by Gasteiger charge is 2.12. The molecule has 2 aromatic rings. The number of hydrogen-bond donors (Lipinski definition) is 2. The normalized spacial score (nSPS) is 10.5. The number of carbonyl (C=O) groups excluding carboxylic acids is 2. The molecule has 6 heteroatoms. The second-order valence-corrected chi connectivity index (χ2v) is 6.38. The smallest absolute Gasteiger partial charge is 0.238 e. The topological polar surface area (TPSA) is 70.7 Å². The summed E-state index contributed by atoms with van der Waals surface area (Å²) in [6, 6.07) is 13.0. The maximum absolute atomic E-state index is 12.2. The van der Waals surface area contributed by atoms with Crippen molar-refractivity contribution in [3.63, 3.8) is 0 Å². The quantitative estimate of drug-likeness (QED) is 0.801. The summed E-state index contributed by atoms with van der Waals surface area (Å²) in [4.78, 5) is 26.0. The maximum Gasteiger partial charge on any atom is 0.238 e. The first kappa shape index (κ1) is 19.5. The van der Waals surface area contributed by atoms with Crippen LogP contribution in [0.5, 0.6) is 5.75 Å². The summed E-state index contributed by atoms with van der Waals surface area (Å²) >= 11 is 0. The van der Waals surface area contributed by atoms with Gasteiger partial charge >= 0.3 is 0 Å². The molecular weight excluding hydrogens is 330 g/mol. The Morgan fingerprint density at radius 3 is 2.08 bits per heavy atom. The molecule has 0 atom stereocenters. The number of methoxy groups -OCH3 is 1. The molecule has 0 heterocycles. The third-order valence-electron chi connectivity index (χ3n) is 3.69. The Morgan fingerprint density at radius 2 is 1.50 bits per heavy atom. The highest BCUT2D eigenvalue weighted by molar-refractivity contribution is 5.94. The van der Waals surface area contributed by atoms with Gasteiger partial charge < -0.3 is 15.4 Å². The second kappa shape index (κ2) is 9.01. The Kier molecular flexibility index (Phi) is 6.74. The Hall–Kier alpha value is -2.86. The van der Waals surface area contributed by atoms with Crippen molar-refractivity contribution in [2.45, 2.75) is 13.8 Å². The van der Waals surface area contributed by atoms with E-state index in [4.69, 9.17) is 4.74 Å². The number of benzene rings is 2. The molecule has 2 rings (SSSR count). The van der Waals surface area contributed by atoms with Gasteiger partial charge in [0.25, 0.3) is 0 Å². The molecule has 0 spiro atoms. The number of amides is 2. The van der Waals surface area contributed by atoms with Crippen LogP contribution in [0.3, 0.4) is 0 Å². The highest BCUT2D eigenvalue weighted by Crippen LogP contribution is 2.16. The van der Waals surface area contributed by atoms with Crippen LogP contribution in [0.15, 0.2) is 42.5 Å². The first-order chi connectivity index (χ1) is 12.4. The van der Waals surface area contributed by atoms with E-state index in [-0.39, 0.29) is 24.9 Å². The molecule has 0 saturated heterocycles. The molecule has 0 unspecified atom stereocenters. The van der Waals surface area contributed by atoms with Crippen LogP contribution in [0.2, 0.25) is 0 Å².